The van der Waals surface area contributed by atoms with Crippen LogP contribution >= 0.6 is 11.6 Å². The van der Waals surface area contributed by atoms with Crippen molar-refractivity contribution >= 4 is 23.1 Å². The van der Waals surface area contributed by atoms with Gasteiger partial charge in [0.1, 0.15) is 11.6 Å². The summed E-state index contributed by atoms with van der Waals surface area (Å²) in [7, 11) is 1.86. The van der Waals surface area contributed by atoms with Crippen LogP contribution in [0.2, 0.25) is 5.02 Å². The maximum absolute atomic E-state index is 5.91. The third kappa shape index (κ3) is 3.41. The molecule has 4 nitrogen and oxygen atoms in total. The van der Waals surface area contributed by atoms with Gasteiger partial charge < -0.3 is 10.6 Å². The molecule has 2 N–H and O–H groups in total. The summed E-state index contributed by atoms with van der Waals surface area (Å²) in [5, 5.41) is 6.88. The predicted molar refractivity (Wildman–Crippen MR) is 69.5 cm³/mol. The zero-order chi connectivity index (χ0) is 12.1. The van der Waals surface area contributed by atoms with Crippen LogP contribution in [0.25, 0.3) is 0 Å². The van der Waals surface area contributed by atoms with Gasteiger partial charge in [-0.1, -0.05) is 17.7 Å². The molecule has 5 heteroatoms. The Kier molecular flexibility index (Phi) is 3.90. The Morgan fingerprint density at radius 2 is 2.18 bits per heavy atom. The number of aromatic nitrogens is 2. The number of anilines is 2. The van der Waals surface area contributed by atoms with Crippen LogP contribution in [-0.2, 0) is 6.54 Å². The summed E-state index contributed by atoms with van der Waals surface area (Å²) >= 11 is 5.91. The van der Waals surface area contributed by atoms with E-state index in [-0.39, 0.29) is 0 Å². The van der Waals surface area contributed by atoms with E-state index in [1.807, 2.05) is 37.4 Å². The molecule has 2 rings (SSSR count). The van der Waals surface area contributed by atoms with E-state index in [1.165, 1.54) is 0 Å². The minimum Gasteiger partial charge on any atom is -0.340 e. The second kappa shape index (κ2) is 5.61. The maximum atomic E-state index is 5.91. The van der Waals surface area contributed by atoms with Gasteiger partial charge in [0.15, 0.2) is 0 Å². The number of nitrogens with zero attached hydrogens (tertiary/aromatic N) is 2. The van der Waals surface area contributed by atoms with Crippen molar-refractivity contribution in [1.82, 2.24) is 15.3 Å². The fourth-order valence-corrected chi connectivity index (χ4v) is 1.62. The minimum absolute atomic E-state index is 0.644. The van der Waals surface area contributed by atoms with E-state index >= 15 is 0 Å². The Labute approximate surface area is 105 Å². The molecule has 0 radical (unpaired) electrons. The van der Waals surface area contributed by atoms with Crippen LogP contribution < -0.4 is 10.6 Å². The molecule has 0 fully saturated rings. The smallest absolute Gasteiger partial charge is 0.144 e. The van der Waals surface area contributed by atoms with E-state index < -0.39 is 0 Å². The van der Waals surface area contributed by atoms with Crippen LogP contribution in [0.15, 0.2) is 36.5 Å². The fourth-order valence-electron chi connectivity index (χ4n) is 1.43. The summed E-state index contributed by atoms with van der Waals surface area (Å²) in [6.45, 7) is 0.644. The van der Waals surface area contributed by atoms with E-state index in [9.17, 15) is 0 Å². The largest absolute Gasteiger partial charge is 0.340 e. The van der Waals surface area contributed by atoms with Crippen molar-refractivity contribution in [3.63, 3.8) is 0 Å². The second-order valence-electron chi connectivity index (χ2n) is 3.52. The molecule has 88 valence electrons. The van der Waals surface area contributed by atoms with E-state index in [1.54, 1.807) is 6.20 Å². The van der Waals surface area contributed by atoms with Crippen molar-refractivity contribution in [1.29, 1.82) is 0 Å². The van der Waals surface area contributed by atoms with E-state index in [0.29, 0.717) is 11.6 Å². The molecule has 0 saturated heterocycles. The Balaban J connectivity index is 2.15. The average molecular weight is 249 g/mol. The highest BCUT2D eigenvalue weighted by molar-refractivity contribution is 6.30. The fraction of sp³-hybridized carbons (Fsp3) is 0.167. The van der Waals surface area contributed by atoms with Crippen molar-refractivity contribution in [2.24, 2.45) is 0 Å². The average Bonchev–Trinajstić information content (AvgIpc) is 2.30. The number of hydrogen-bond acceptors (Lipinski definition) is 4. The van der Waals surface area contributed by atoms with E-state index in [4.69, 9.17) is 11.6 Å². The summed E-state index contributed by atoms with van der Waals surface area (Å²) in [5.74, 6) is 1.51. The summed E-state index contributed by atoms with van der Waals surface area (Å²) in [4.78, 5) is 8.51. The highest BCUT2D eigenvalue weighted by Crippen LogP contribution is 2.18. The molecule has 0 aliphatic carbocycles. The van der Waals surface area contributed by atoms with E-state index in [2.05, 4.69) is 20.6 Å². The summed E-state index contributed by atoms with van der Waals surface area (Å²) < 4.78 is 0. The van der Waals surface area contributed by atoms with Gasteiger partial charge in [-0.05, 0) is 31.3 Å². The molecule has 1 aromatic heterocycles. The van der Waals surface area contributed by atoms with Gasteiger partial charge in [-0.25, -0.2) is 9.97 Å². The summed E-state index contributed by atoms with van der Waals surface area (Å²) in [5.41, 5.74) is 0.909. The molecule has 0 saturated carbocycles. The number of halogens is 1. The molecule has 0 atom stereocenters. The van der Waals surface area contributed by atoms with Gasteiger partial charge in [-0.2, -0.15) is 0 Å². The van der Waals surface area contributed by atoms with Crippen molar-refractivity contribution in [3.8, 4) is 0 Å². The van der Waals surface area contributed by atoms with Crippen molar-refractivity contribution in [2.75, 3.05) is 12.4 Å². The molecule has 0 aliphatic rings. The zero-order valence-electron chi connectivity index (χ0n) is 9.44. The van der Waals surface area contributed by atoms with Crippen molar-refractivity contribution in [3.05, 3.63) is 47.4 Å². The minimum atomic E-state index is 0.644. The van der Waals surface area contributed by atoms with Gasteiger partial charge in [0, 0.05) is 16.9 Å². The first-order valence-corrected chi connectivity index (χ1v) is 5.65. The lowest BCUT2D eigenvalue weighted by Crippen LogP contribution is -2.09. The normalized spacial score (nSPS) is 10.2. The van der Waals surface area contributed by atoms with Gasteiger partial charge in [0.05, 0.1) is 6.54 Å². The van der Waals surface area contributed by atoms with Crippen LogP contribution in [0.1, 0.15) is 5.82 Å². The van der Waals surface area contributed by atoms with Crippen LogP contribution in [0.3, 0.4) is 0 Å². The first-order valence-electron chi connectivity index (χ1n) is 5.27. The Morgan fingerprint density at radius 3 is 2.94 bits per heavy atom. The van der Waals surface area contributed by atoms with Crippen LogP contribution in [0, 0.1) is 0 Å². The molecule has 0 aliphatic heterocycles. The standard InChI is InChI=1S/C12H13ClN4/c1-14-8-12-15-6-5-11(17-12)16-10-4-2-3-9(13)7-10/h2-7,14H,8H2,1H3,(H,15,16,17). The number of rotatable bonds is 4. The van der Waals surface area contributed by atoms with Crippen LogP contribution in [-0.4, -0.2) is 17.0 Å². The molecule has 0 bridgehead atoms. The number of hydrogen-bond donors (Lipinski definition) is 2. The highest BCUT2D eigenvalue weighted by atomic mass is 35.5. The lowest BCUT2D eigenvalue weighted by Gasteiger charge is -2.06. The Bertz CT molecular complexity index is 501. The number of nitrogens with one attached hydrogen (secondary N) is 2. The lowest BCUT2D eigenvalue weighted by molar-refractivity contribution is 0.759. The molecule has 1 aromatic carbocycles. The predicted octanol–water partition coefficient (Wildman–Crippen LogP) is 2.59. The van der Waals surface area contributed by atoms with Crippen molar-refractivity contribution in [2.45, 2.75) is 6.54 Å². The summed E-state index contributed by atoms with van der Waals surface area (Å²) in [6.07, 6.45) is 1.73. The molecule has 0 spiro atoms. The van der Waals surface area contributed by atoms with Gasteiger partial charge in [0.2, 0.25) is 0 Å². The lowest BCUT2D eigenvalue weighted by atomic mass is 10.3. The second-order valence-corrected chi connectivity index (χ2v) is 3.96. The molecule has 2 aromatic rings. The molecule has 1 heterocycles. The molecule has 17 heavy (non-hydrogen) atoms. The third-order valence-electron chi connectivity index (χ3n) is 2.14. The maximum Gasteiger partial charge on any atom is 0.144 e. The van der Waals surface area contributed by atoms with E-state index in [0.717, 1.165) is 17.3 Å². The number of benzene rings is 1. The Morgan fingerprint density at radius 1 is 1.29 bits per heavy atom. The van der Waals surface area contributed by atoms with Crippen LogP contribution in [0.4, 0.5) is 11.5 Å². The molecular weight excluding hydrogens is 236 g/mol. The monoisotopic (exact) mass is 248 g/mol. The first-order chi connectivity index (χ1) is 8.28. The first kappa shape index (κ1) is 11.8. The summed E-state index contributed by atoms with van der Waals surface area (Å²) in [6, 6.07) is 9.33. The van der Waals surface area contributed by atoms with Gasteiger partial charge in [0.25, 0.3) is 0 Å². The Hall–Kier alpha value is -1.65. The van der Waals surface area contributed by atoms with Crippen LogP contribution in [0.5, 0.6) is 0 Å². The SMILES string of the molecule is CNCc1nccc(Nc2cccc(Cl)c2)n1. The highest BCUT2D eigenvalue weighted by Gasteiger charge is 1.99. The van der Waals surface area contributed by atoms with Crippen molar-refractivity contribution < 1.29 is 0 Å². The zero-order valence-corrected chi connectivity index (χ0v) is 10.2. The molecule has 0 amide bonds. The molecule has 0 unspecified atom stereocenters. The van der Waals surface area contributed by atoms with Gasteiger partial charge >= 0.3 is 0 Å². The van der Waals surface area contributed by atoms with Gasteiger partial charge in [-0.15, -0.1) is 0 Å². The topological polar surface area (TPSA) is 49.8 Å². The quantitative estimate of drug-likeness (QED) is 0.873. The van der Waals surface area contributed by atoms with Gasteiger partial charge in [-0.3, -0.25) is 0 Å². The molecular formula is C12H13ClN4. The third-order valence-corrected chi connectivity index (χ3v) is 2.37.